The minimum atomic E-state index is -4.35. The SMILES string of the molecule is CC1CCC(C)C(O)(S(=O)(=O)O)C1. The highest BCUT2D eigenvalue weighted by Crippen LogP contribution is 2.39. The maximum Gasteiger partial charge on any atom is 0.295 e. The van der Waals surface area contributed by atoms with Crippen LogP contribution in [0.2, 0.25) is 0 Å². The van der Waals surface area contributed by atoms with E-state index >= 15 is 0 Å². The molecule has 0 bridgehead atoms. The van der Waals surface area contributed by atoms with Crippen LogP contribution in [0.15, 0.2) is 0 Å². The van der Waals surface area contributed by atoms with Gasteiger partial charge in [-0.1, -0.05) is 20.3 Å². The minimum absolute atomic E-state index is 0.132. The lowest BCUT2D eigenvalue weighted by molar-refractivity contribution is 0.00844. The summed E-state index contributed by atoms with van der Waals surface area (Å²) in [6.07, 6.45) is 1.67. The first-order chi connectivity index (χ1) is 5.77. The Morgan fingerprint density at radius 2 is 1.85 bits per heavy atom. The third-order valence-corrected chi connectivity index (χ3v) is 4.41. The standard InChI is InChI=1S/C8H16O4S/c1-6-3-4-7(2)8(9,5-6)13(10,11)12/h6-7,9H,3-5H2,1-2H3,(H,10,11,12). The van der Waals surface area contributed by atoms with Gasteiger partial charge in [-0.2, -0.15) is 8.42 Å². The van der Waals surface area contributed by atoms with Crippen LogP contribution in [0.3, 0.4) is 0 Å². The van der Waals surface area contributed by atoms with E-state index in [2.05, 4.69) is 0 Å². The van der Waals surface area contributed by atoms with Crippen molar-refractivity contribution in [3.63, 3.8) is 0 Å². The second kappa shape index (κ2) is 3.22. The zero-order valence-corrected chi connectivity index (χ0v) is 8.71. The number of rotatable bonds is 1. The van der Waals surface area contributed by atoms with Crippen molar-refractivity contribution in [1.82, 2.24) is 0 Å². The van der Waals surface area contributed by atoms with Gasteiger partial charge in [-0.3, -0.25) is 4.55 Å². The Kier molecular flexibility index (Phi) is 2.71. The summed E-state index contributed by atoms with van der Waals surface area (Å²) >= 11 is 0. The molecule has 1 fully saturated rings. The molecular weight excluding hydrogens is 192 g/mol. The van der Waals surface area contributed by atoms with Crippen molar-refractivity contribution in [3.05, 3.63) is 0 Å². The molecule has 0 amide bonds. The molecule has 0 aromatic carbocycles. The molecule has 0 radical (unpaired) electrons. The van der Waals surface area contributed by atoms with Gasteiger partial charge >= 0.3 is 0 Å². The summed E-state index contributed by atoms with van der Waals surface area (Å²) in [5.41, 5.74) is 0. The second-order valence-corrected chi connectivity index (χ2v) is 5.76. The minimum Gasteiger partial charge on any atom is -0.372 e. The third kappa shape index (κ3) is 1.87. The van der Waals surface area contributed by atoms with Crippen molar-refractivity contribution in [2.45, 2.75) is 38.0 Å². The molecule has 1 aliphatic carbocycles. The Morgan fingerprint density at radius 1 is 1.31 bits per heavy atom. The van der Waals surface area contributed by atoms with Crippen molar-refractivity contribution in [1.29, 1.82) is 0 Å². The topological polar surface area (TPSA) is 74.6 Å². The van der Waals surface area contributed by atoms with Crippen molar-refractivity contribution in [2.75, 3.05) is 0 Å². The Morgan fingerprint density at radius 3 is 2.23 bits per heavy atom. The molecule has 1 rings (SSSR count). The van der Waals surface area contributed by atoms with E-state index in [1.54, 1.807) is 6.92 Å². The predicted octanol–water partition coefficient (Wildman–Crippen LogP) is 1.02. The van der Waals surface area contributed by atoms with Crippen LogP contribution < -0.4 is 0 Å². The highest BCUT2D eigenvalue weighted by Gasteiger charge is 2.48. The molecule has 0 spiro atoms. The van der Waals surface area contributed by atoms with E-state index in [0.29, 0.717) is 6.42 Å². The lowest BCUT2D eigenvalue weighted by Crippen LogP contribution is -2.48. The maximum atomic E-state index is 11.0. The molecule has 78 valence electrons. The Balaban J connectivity index is 2.99. The monoisotopic (exact) mass is 208 g/mol. The molecular formula is C8H16O4S. The summed E-state index contributed by atoms with van der Waals surface area (Å²) in [4.78, 5) is -1.93. The first-order valence-corrected chi connectivity index (χ1v) is 5.91. The normalized spacial score (nSPS) is 41.8. The fourth-order valence-electron chi connectivity index (χ4n) is 1.92. The van der Waals surface area contributed by atoms with Crippen LogP contribution in [0.4, 0.5) is 0 Å². The van der Waals surface area contributed by atoms with Crippen molar-refractivity contribution in [3.8, 4) is 0 Å². The molecule has 5 heteroatoms. The van der Waals surface area contributed by atoms with Gasteiger partial charge in [0.25, 0.3) is 10.1 Å². The molecule has 1 saturated carbocycles. The van der Waals surface area contributed by atoms with Gasteiger partial charge in [0, 0.05) is 5.92 Å². The lowest BCUT2D eigenvalue weighted by atomic mass is 9.81. The van der Waals surface area contributed by atoms with Gasteiger partial charge in [-0.25, -0.2) is 0 Å². The van der Waals surface area contributed by atoms with Crippen LogP contribution in [-0.2, 0) is 10.1 Å². The van der Waals surface area contributed by atoms with E-state index < -0.39 is 21.0 Å². The summed E-state index contributed by atoms with van der Waals surface area (Å²) in [5.74, 6) is -0.248. The molecule has 0 saturated heterocycles. The van der Waals surface area contributed by atoms with Gasteiger partial charge in [-0.05, 0) is 18.8 Å². The maximum absolute atomic E-state index is 11.0. The molecule has 0 aliphatic heterocycles. The molecule has 0 heterocycles. The van der Waals surface area contributed by atoms with Gasteiger partial charge < -0.3 is 5.11 Å². The molecule has 4 nitrogen and oxygen atoms in total. The number of aliphatic hydroxyl groups is 1. The van der Waals surface area contributed by atoms with Crippen molar-refractivity contribution < 1.29 is 18.1 Å². The number of hydrogen-bond donors (Lipinski definition) is 2. The van der Waals surface area contributed by atoms with E-state index in [1.165, 1.54) is 0 Å². The van der Waals surface area contributed by atoms with Gasteiger partial charge in [-0.15, -0.1) is 0 Å². The Bertz CT molecular complexity index is 285. The van der Waals surface area contributed by atoms with E-state index in [-0.39, 0.29) is 12.3 Å². The van der Waals surface area contributed by atoms with E-state index in [9.17, 15) is 13.5 Å². The molecule has 0 aromatic heterocycles. The zero-order chi connectivity index (χ0) is 10.3. The van der Waals surface area contributed by atoms with Crippen molar-refractivity contribution >= 4 is 10.1 Å². The molecule has 2 N–H and O–H groups in total. The van der Waals surface area contributed by atoms with E-state index in [4.69, 9.17) is 4.55 Å². The molecule has 13 heavy (non-hydrogen) atoms. The first-order valence-electron chi connectivity index (χ1n) is 4.47. The van der Waals surface area contributed by atoms with Crippen LogP contribution in [0.5, 0.6) is 0 Å². The predicted molar refractivity (Wildman–Crippen MR) is 48.7 cm³/mol. The second-order valence-electron chi connectivity index (χ2n) is 4.11. The Hall–Kier alpha value is -0.130. The summed E-state index contributed by atoms with van der Waals surface area (Å²) in [6.45, 7) is 3.53. The summed E-state index contributed by atoms with van der Waals surface area (Å²) in [7, 11) is -4.35. The van der Waals surface area contributed by atoms with Crippen LogP contribution >= 0.6 is 0 Å². The highest BCUT2D eigenvalue weighted by molar-refractivity contribution is 7.87. The van der Waals surface area contributed by atoms with E-state index in [1.807, 2.05) is 6.92 Å². The Labute approximate surface area is 78.7 Å². The van der Waals surface area contributed by atoms with E-state index in [0.717, 1.165) is 6.42 Å². The fourth-order valence-corrected chi connectivity index (χ4v) is 3.04. The quantitative estimate of drug-likeness (QED) is 0.631. The van der Waals surface area contributed by atoms with Crippen LogP contribution in [0.25, 0.3) is 0 Å². The number of hydrogen-bond acceptors (Lipinski definition) is 3. The average Bonchev–Trinajstić information content (AvgIpc) is 1.95. The summed E-state index contributed by atoms with van der Waals surface area (Å²) in [5, 5.41) is 9.81. The van der Waals surface area contributed by atoms with Crippen LogP contribution in [-0.4, -0.2) is 23.0 Å². The van der Waals surface area contributed by atoms with Crippen LogP contribution in [0.1, 0.15) is 33.1 Å². The fraction of sp³-hybridized carbons (Fsp3) is 1.00. The molecule has 3 atom stereocenters. The lowest BCUT2D eigenvalue weighted by Gasteiger charge is -2.37. The highest BCUT2D eigenvalue weighted by atomic mass is 32.2. The van der Waals surface area contributed by atoms with Gasteiger partial charge in [0.05, 0.1) is 0 Å². The van der Waals surface area contributed by atoms with Crippen molar-refractivity contribution in [2.24, 2.45) is 11.8 Å². The van der Waals surface area contributed by atoms with Gasteiger partial charge in [0.15, 0.2) is 4.93 Å². The summed E-state index contributed by atoms with van der Waals surface area (Å²) in [6, 6.07) is 0. The molecule has 1 aliphatic rings. The first kappa shape index (κ1) is 10.9. The molecule has 3 unspecified atom stereocenters. The smallest absolute Gasteiger partial charge is 0.295 e. The average molecular weight is 208 g/mol. The molecule has 0 aromatic rings. The van der Waals surface area contributed by atoms with Crippen LogP contribution in [0, 0.1) is 11.8 Å². The third-order valence-electron chi connectivity index (χ3n) is 2.95. The van der Waals surface area contributed by atoms with Gasteiger partial charge in [0.2, 0.25) is 0 Å². The van der Waals surface area contributed by atoms with Gasteiger partial charge in [0.1, 0.15) is 0 Å². The summed E-state index contributed by atoms with van der Waals surface area (Å²) < 4.78 is 30.9. The zero-order valence-electron chi connectivity index (χ0n) is 7.90. The largest absolute Gasteiger partial charge is 0.372 e.